The molecule has 1 aliphatic heterocycles. The molecule has 6 nitrogen and oxygen atoms in total. The molecule has 3 aliphatic carbocycles. The van der Waals surface area contributed by atoms with Crippen molar-refractivity contribution in [2.75, 3.05) is 13.1 Å². The Morgan fingerprint density at radius 1 is 1.03 bits per heavy atom. The molecule has 2 heterocycles. The van der Waals surface area contributed by atoms with Crippen LogP contribution in [0.25, 0.3) is 0 Å². The third-order valence-corrected chi connectivity index (χ3v) is 8.40. The molecular weight excluding hydrogens is 388 g/mol. The van der Waals surface area contributed by atoms with Crippen molar-refractivity contribution in [3.63, 3.8) is 0 Å². The van der Waals surface area contributed by atoms with Gasteiger partial charge in [0.1, 0.15) is 6.10 Å². The number of carbonyl (C=O) groups excluding carboxylic acids is 1. The first-order chi connectivity index (χ1) is 14.7. The molecule has 31 heavy (non-hydrogen) atoms. The predicted octanol–water partition coefficient (Wildman–Crippen LogP) is 4.21. The lowest BCUT2D eigenvalue weighted by atomic mass is 9.52. The minimum Gasteiger partial charge on any atom is -0.460 e. The van der Waals surface area contributed by atoms with Crippen LogP contribution in [0.5, 0.6) is 6.01 Å². The fourth-order valence-corrected chi connectivity index (χ4v) is 7.32. The lowest BCUT2D eigenvalue weighted by molar-refractivity contribution is -0.138. The topological polar surface area (TPSA) is 67.3 Å². The van der Waals surface area contributed by atoms with Gasteiger partial charge in [0.15, 0.2) is 0 Å². The Morgan fingerprint density at radius 3 is 2.23 bits per heavy atom. The molecule has 1 amide bonds. The first kappa shape index (κ1) is 21.2. The molecule has 0 aromatic carbocycles. The van der Waals surface area contributed by atoms with Crippen molar-refractivity contribution in [2.45, 2.75) is 97.2 Å². The number of rotatable bonds is 5. The van der Waals surface area contributed by atoms with Crippen LogP contribution in [0.3, 0.4) is 0 Å². The van der Waals surface area contributed by atoms with E-state index in [-0.39, 0.29) is 28.9 Å². The summed E-state index contributed by atoms with van der Waals surface area (Å²) in [5.74, 6) is -0.0998. The number of hydrogen-bond acceptors (Lipinski definition) is 5. The van der Waals surface area contributed by atoms with Crippen LogP contribution >= 0.6 is 0 Å². The average molecular weight is 427 g/mol. The fraction of sp³-hybridized carbons (Fsp3) is 0.800. The van der Waals surface area contributed by atoms with E-state index in [1.54, 1.807) is 12.4 Å². The predicted molar refractivity (Wildman–Crippen MR) is 120 cm³/mol. The molecule has 4 aliphatic rings. The van der Waals surface area contributed by atoms with Gasteiger partial charge < -0.3 is 10.1 Å². The molecule has 1 N–H and O–H groups in total. The molecule has 1 saturated heterocycles. The zero-order valence-electron chi connectivity index (χ0n) is 19.6. The second-order valence-electron chi connectivity index (χ2n) is 12.2. The summed E-state index contributed by atoms with van der Waals surface area (Å²) in [6.07, 6.45) is 13.7. The maximum absolute atomic E-state index is 12.7. The van der Waals surface area contributed by atoms with Crippen LogP contribution in [0.15, 0.2) is 12.4 Å². The Labute approximate surface area is 186 Å². The molecule has 0 radical (unpaired) electrons. The minimum absolute atomic E-state index is 0.0998. The molecule has 6 heteroatoms. The zero-order chi connectivity index (χ0) is 21.9. The van der Waals surface area contributed by atoms with E-state index < -0.39 is 0 Å². The van der Waals surface area contributed by atoms with E-state index in [1.165, 1.54) is 45.2 Å². The highest BCUT2D eigenvalue weighted by Crippen LogP contribution is 2.53. The van der Waals surface area contributed by atoms with Gasteiger partial charge in [0.05, 0.1) is 5.56 Å². The number of amides is 1. The van der Waals surface area contributed by atoms with Crippen molar-refractivity contribution in [1.29, 1.82) is 0 Å². The summed E-state index contributed by atoms with van der Waals surface area (Å²) in [4.78, 5) is 24.0. The van der Waals surface area contributed by atoms with Gasteiger partial charge in [0, 0.05) is 43.0 Å². The number of aromatic nitrogens is 2. The molecule has 0 unspecified atom stereocenters. The third kappa shape index (κ3) is 3.96. The van der Waals surface area contributed by atoms with E-state index in [1.807, 2.05) is 0 Å². The number of ether oxygens (including phenoxy) is 1. The number of carbonyl (C=O) groups is 1. The summed E-state index contributed by atoms with van der Waals surface area (Å²) < 4.78 is 6.00. The van der Waals surface area contributed by atoms with Crippen LogP contribution in [0.1, 0.15) is 89.4 Å². The summed E-state index contributed by atoms with van der Waals surface area (Å²) in [5.41, 5.74) is 1.22. The van der Waals surface area contributed by atoms with Crippen molar-refractivity contribution in [1.82, 2.24) is 20.2 Å². The second kappa shape index (κ2) is 7.43. The van der Waals surface area contributed by atoms with E-state index in [0.29, 0.717) is 17.0 Å². The van der Waals surface area contributed by atoms with Crippen molar-refractivity contribution >= 4 is 5.91 Å². The van der Waals surface area contributed by atoms with Crippen molar-refractivity contribution in [3.8, 4) is 6.01 Å². The number of nitrogens with zero attached hydrogens (tertiary/aromatic N) is 3. The zero-order valence-corrected chi connectivity index (χ0v) is 19.6. The van der Waals surface area contributed by atoms with Crippen LogP contribution < -0.4 is 10.1 Å². The van der Waals surface area contributed by atoms with Gasteiger partial charge in [-0.15, -0.1) is 0 Å². The SMILES string of the molecule is CC1(C)CC(C)(C)C1NC(=O)c1cnc(OC2CC3(C2)CN(C2CCCCC2)C3)nc1. The Bertz CT molecular complexity index is 800. The van der Waals surface area contributed by atoms with E-state index >= 15 is 0 Å². The van der Waals surface area contributed by atoms with E-state index in [0.717, 1.165) is 25.3 Å². The maximum Gasteiger partial charge on any atom is 0.316 e. The number of likely N-dealkylation sites (tertiary alicyclic amines) is 1. The molecule has 1 aromatic heterocycles. The first-order valence-electron chi connectivity index (χ1n) is 12.2. The van der Waals surface area contributed by atoms with Gasteiger partial charge in [-0.2, -0.15) is 0 Å². The minimum atomic E-state index is -0.0998. The summed E-state index contributed by atoms with van der Waals surface area (Å²) in [6.45, 7) is 11.3. The Hall–Kier alpha value is -1.69. The largest absolute Gasteiger partial charge is 0.460 e. The summed E-state index contributed by atoms with van der Waals surface area (Å²) in [7, 11) is 0. The van der Waals surface area contributed by atoms with Gasteiger partial charge in [0.2, 0.25) is 0 Å². The average Bonchev–Trinajstić information content (AvgIpc) is 2.67. The first-order valence-corrected chi connectivity index (χ1v) is 12.2. The molecule has 5 rings (SSSR count). The van der Waals surface area contributed by atoms with Crippen molar-refractivity contribution in [2.24, 2.45) is 16.2 Å². The highest BCUT2D eigenvalue weighted by molar-refractivity contribution is 5.94. The molecule has 4 fully saturated rings. The molecular formula is C25H38N4O2. The van der Waals surface area contributed by atoms with Crippen LogP contribution in [0.2, 0.25) is 0 Å². The van der Waals surface area contributed by atoms with Gasteiger partial charge >= 0.3 is 6.01 Å². The molecule has 170 valence electrons. The summed E-state index contributed by atoms with van der Waals surface area (Å²) in [5, 5.41) is 3.19. The summed E-state index contributed by atoms with van der Waals surface area (Å²) >= 11 is 0. The van der Waals surface area contributed by atoms with Crippen LogP contribution in [-0.4, -0.2) is 52.1 Å². The van der Waals surface area contributed by atoms with E-state index in [2.05, 4.69) is 47.9 Å². The fourth-order valence-electron chi connectivity index (χ4n) is 7.32. The monoisotopic (exact) mass is 426 g/mol. The number of hydrogen-bond donors (Lipinski definition) is 1. The van der Waals surface area contributed by atoms with Gasteiger partial charge in [0.25, 0.3) is 5.91 Å². The summed E-state index contributed by atoms with van der Waals surface area (Å²) in [6, 6.07) is 1.38. The van der Waals surface area contributed by atoms with E-state index in [9.17, 15) is 4.79 Å². The van der Waals surface area contributed by atoms with E-state index in [4.69, 9.17) is 4.74 Å². The van der Waals surface area contributed by atoms with Crippen LogP contribution in [0, 0.1) is 16.2 Å². The molecule has 3 saturated carbocycles. The molecule has 0 atom stereocenters. The smallest absolute Gasteiger partial charge is 0.316 e. The van der Waals surface area contributed by atoms with Gasteiger partial charge in [-0.25, -0.2) is 9.97 Å². The highest BCUT2D eigenvalue weighted by atomic mass is 16.5. The Balaban J connectivity index is 1.08. The Kier molecular flexibility index (Phi) is 5.07. The number of nitrogens with one attached hydrogen (secondary N) is 1. The molecule has 0 bridgehead atoms. The second-order valence-corrected chi connectivity index (χ2v) is 12.2. The molecule has 1 spiro atoms. The van der Waals surface area contributed by atoms with Gasteiger partial charge in [-0.1, -0.05) is 47.0 Å². The quantitative estimate of drug-likeness (QED) is 0.764. The van der Waals surface area contributed by atoms with Crippen LogP contribution in [-0.2, 0) is 0 Å². The molecule has 1 aromatic rings. The lowest BCUT2D eigenvalue weighted by Crippen LogP contribution is -2.66. The lowest BCUT2D eigenvalue weighted by Gasteiger charge is -2.60. The highest BCUT2D eigenvalue weighted by Gasteiger charge is 2.55. The maximum atomic E-state index is 12.7. The van der Waals surface area contributed by atoms with Crippen molar-refractivity contribution in [3.05, 3.63) is 18.0 Å². The third-order valence-electron chi connectivity index (χ3n) is 8.40. The van der Waals surface area contributed by atoms with Crippen molar-refractivity contribution < 1.29 is 9.53 Å². The van der Waals surface area contributed by atoms with Gasteiger partial charge in [-0.05, 0) is 42.9 Å². The van der Waals surface area contributed by atoms with Crippen LogP contribution in [0.4, 0.5) is 0 Å². The van der Waals surface area contributed by atoms with Gasteiger partial charge in [-0.3, -0.25) is 9.69 Å². The standard InChI is InChI=1S/C25H38N4O2/c1-23(2)14-24(3,4)21(23)28-20(30)17-12-26-22(27-13-17)31-19-10-25(11-19)15-29(16-25)18-8-6-5-7-9-18/h12-13,18-19,21H,5-11,14-16H2,1-4H3,(H,28,30). The Morgan fingerprint density at radius 2 is 1.65 bits per heavy atom. The normalized spacial score (nSPS) is 29.5.